The van der Waals surface area contributed by atoms with Crippen molar-refractivity contribution in [2.45, 2.75) is 39.3 Å². The lowest BCUT2D eigenvalue weighted by Crippen LogP contribution is -2.57. The van der Waals surface area contributed by atoms with E-state index >= 15 is 0 Å². The average molecular weight is 413 g/mol. The van der Waals surface area contributed by atoms with Gasteiger partial charge in [0, 0.05) is 33.6 Å². The molecule has 1 aromatic carbocycles. The lowest BCUT2D eigenvalue weighted by molar-refractivity contribution is -0.161. The van der Waals surface area contributed by atoms with Gasteiger partial charge in [0.2, 0.25) is 17.7 Å². The summed E-state index contributed by atoms with van der Waals surface area (Å²) >= 11 is 0. The summed E-state index contributed by atoms with van der Waals surface area (Å²) in [5.74, 6) is -0.809. The summed E-state index contributed by atoms with van der Waals surface area (Å²) in [6, 6.07) is 8.13. The number of hydrogen-bond donors (Lipinski definition) is 0. The average Bonchev–Trinajstić information content (AvgIpc) is 3.16. The molecular formula is C21H27N5O4. The third-order valence-corrected chi connectivity index (χ3v) is 5.10. The summed E-state index contributed by atoms with van der Waals surface area (Å²) in [6.45, 7) is 5.08. The molecule has 0 bridgehead atoms. The maximum absolute atomic E-state index is 13.4. The van der Waals surface area contributed by atoms with Crippen molar-refractivity contribution < 1.29 is 18.8 Å². The Hall–Kier alpha value is -3.23. The van der Waals surface area contributed by atoms with Crippen molar-refractivity contribution in [1.82, 2.24) is 24.9 Å². The van der Waals surface area contributed by atoms with E-state index < -0.39 is 17.9 Å². The smallest absolute Gasteiger partial charge is 0.313 e. The van der Waals surface area contributed by atoms with Crippen molar-refractivity contribution in [2.75, 3.05) is 26.7 Å². The molecule has 9 nitrogen and oxygen atoms in total. The lowest BCUT2D eigenvalue weighted by atomic mass is 10.0. The van der Waals surface area contributed by atoms with E-state index in [0.29, 0.717) is 37.0 Å². The number of carbonyl (C=O) groups is 3. The largest absolute Gasteiger partial charge is 0.424 e. The van der Waals surface area contributed by atoms with E-state index in [0.717, 1.165) is 12.8 Å². The minimum Gasteiger partial charge on any atom is -0.424 e. The van der Waals surface area contributed by atoms with E-state index in [9.17, 15) is 14.4 Å². The van der Waals surface area contributed by atoms with Crippen molar-refractivity contribution in [1.29, 1.82) is 0 Å². The third kappa shape index (κ3) is 4.67. The lowest BCUT2D eigenvalue weighted by Gasteiger charge is -2.39. The van der Waals surface area contributed by atoms with E-state index in [4.69, 9.17) is 4.42 Å². The SMILES string of the molecule is CCCCN1CCN([C@H](C(=O)N(C)Cc2nnc(C)o2)c2ccccc2)C(=O)C1=O. The second-order valence-electron chi connectivity index (χ2n) is 7.37. The van der Waals surface area contributed by atoms with Crippen LogP contribution in [-0.4, -0.2) is 69.3 Å². The molecule has 160 valence electrons. The van der Waals surface area contributed by atoms with Crippen LogP contribution in [0.5, 0.6) is 0 Å². The summed E-state index contributed by atoms with van der Waals surface area (Å²) < 4.78 is 5.37. The molecule has 1 aliphatic rings. The van der Waals surface area contributed by atoms with Crippen LogP contribution in [0.1, 0.15) is 43.2 Å². The number of likely N-dealkylation sites (N-methyl/N-ethyl adjacent to an activating group) is 1. The van der Waals surface area contributed by atoms with Crippen molar-refractivity contribution in [2.24, 2.45) is 0 Å². The van der Waals surface area contributed by atoms with Crippen LogP contribution in [0, 0.1) is 6.92 Å². The van der Waals surface area contributed by atoms with Gasteiger partial charge in [0.25, 0.3) is 0 Å². The molecule has 0 radical (unpaired) electrons. The summed E-state index contributed by atoms with van der Waals surface area (Å²) in [5, 5.41) is 7.70. The highest BCUT2D eigenvalue weighted by molar-refractivity contribution is 6.35. The summed E-state index contributed by atoms with van der Waals surface area (Å²) in [5.41, 5.74) is 0.652. The second kappa shape index (κ2) is 9.51. The van der Waals surface area contributed by atoms with Gasteiger partial charge in [-0.25, -0.2) is 0 Å². The first-order chi connectivity index (χ1) is 14.4. The first-order valence-corrected chi connectivity index (χ1v) is 10.1. The predicted molar refractivity (Wildman–Crippen MR) is 108 cm³/mol. The molecule has 1 saturated heterocycles. The van der Waals surface area contributed by atoms with E-state index in [1.165, 1.54) is 9.80 Å². The van der Waals surface area contributed by atoms with Gasteiger partial charge in [0.05, 0.1) is 6.54 Å². The zero-order chi connectivity index (χ0) is 21.7. The van der Waals surface area contributed by atoms with Gasteiger partial charge in [-0.1, -0.05) is 43.7 Å². The second-order valence-corrected chi connectivity index (χ2v) is 7.37. The van der Waals surface area contributed by atoms with Gasteiger partial charge in [0.15, 0.2) is 0 Å². The molecule has 0 saturated carbocycles. The molecule has 0 N–H and O–H groups in total. The molecule has 1 fully saturated rings. The Kier molecular flexibility index (Phi) is 6.81. The minimum absolute atomic E-state index is 0.113. The highest BCUT2D eigenvalue weighted by Gasteiger charge is 2.40. The molecule has 2 aromatic rings. The summed E-state index contributed by atoms with van der Waals surface area (Å²) in [7, 11) is 1.61. The number of unbranched alkanes of at least 4 members (excludes halogenated alkanes) is 1. The van der Waals surface area contributed by atoms with E-state index in [1.807, 2.05) is 13.0 Å². The van der Waals surface area contributed by atoms with Gasteiger partial charge < -0.3 is 19.1 Å². The monoisotopic (exact) mass is 413 g/mol. The Morgan fingerprint density at radius 3 is 2.53 bits per heavy atom. The predicted octanol–water partition coefficient (Wildman–Crippen LogP) is 1.55. The van der Waals surface area contributed by atoms with E-state index in [1.54, 1.807) is 43.1 Å². The number of aryl methyl sites for hydroxylation is 1. The molecule has 3 rings (SSSR count). The van der Waals surface area contributed by atoms with Crippen LogP contribution in [0.15, 0.2) is 34.7 Å². The molecule has 2 heterocycles. The van der Waals surface area contributed by atoms with Gasteiger partial charge in [-0.05, 0) is 12.0 Å². The van der Waals surface area contributed by atoms with Crippen LogP contribution in [-0.2, 0) is 20.9 Å². The number of rotatable bonds is 8. The van der Waals surface area contributed by atoms with Gasteiger partial charge >= 0.3 is 11.8 Å². The van der Waals surface area contributed by atoms with Crippen molar-refractivity contribution in [3.05, 3.63) is 47.7 Å². The highest BCUT2D eigenvalue weighted by Crippen LogP contribution is 2.26. The number of amides is 3. The Morgan fingerprint density at radius 1 is 1.17 bits per heavy atom. The quantitative estimate of drug-likeness (QED) is 0.609. The number of piperazine rings is 1. The number of carbonyl (C=O) groups excluding carboxylic acids is 3. The molecule has 0 spiro atoms. The molecule has 30 heavy (non-hydrogen) atoms. The van der Waals surface area contributed by atoms with Gasteiger partial charge in [-0.15, -0.1) is 10.2 Å². The number of hydrogen-bond acceptors (Lipinski definition) is 6. The van der Waals surface area contributed by atoms with Crippen molar-refractivity contribution >= 4 is 17.7 Å². The maximum Gasteiger partial charge on any atom is 0.313 e. The molecule has 1 atom stereocenters. The standard InChI is InChI=1S/C21H27N5O4/c1-4-5-11-25-12-13-26(21(29)20(25)28)18(16-9-7-6-8-10-16)19(27)24(3)14-17-23-22-15(2)30-17/h6-10,18H,4-5,11-14H2,1-3H3/t18-/m0/s1. The molecule has 9 heteroatoms. The summed E-state index contributed by atoms with van der Waals surface area (Å²) in [4.78, 5) is 43.3. The third-order valence-electron chi connectivity index (χ3n) is 5.10. The fraction of sp³-hybridized carbons (Fsp3) is 0.476. The number of benzene rings is 1. The number of nitrogens with zero attached hydrogens (tertiary/aromatic N) is 5. The molecular weight excluding hydrogens is 386 g/mol. The van der Waals surface area contributed by atoms with Crippen LogP contribution in [0.25, 0.3) is 0 Å². The Labute approximate surface area is 175 Å². The van der Waals surface area contributed by atoms with Crippen LogP contribution < -0.4 is 0 Å². The Bertz CT molecular complexity index is 898. The fourth-order valence-corrected chi connectivity index (χ4v) is 3.48. The first kappa shape index (κ1) is 21.5. The van der Waals surface area contributed by atoms with Crippen LogP contribution in [0.3, 0.4) is 0 Å². The number of aromatic nitrogens is 2. The summed E-state index contributed by atoms with van der Waals surface area (Å²) in [6.07, 6.45) is 1.78. The topological polar surface area (TPSA) is 99.8 Å². The normalized spacial score (nSPS) is 15.4. The molecule has 0 aliphatic carbocycles. The Balaban J connectivity index is 1.83. The molecule has 1 aromatic heterocycles. The van der Waals surface area contributed by atoms with E-state index in [-0.39, 0.29) is 12.5 Å². The van der Waals surface area contributed by atoms with Crippen LogP contribution >= 0.6 is 0 Å². The van der Waals surface area contributed by atoms with Crippen molar-refractivity contribution in [3.63, 3.8) is 0 Å². The molecule has 3 amide bonds. The zero-order valence-corrected chi connectivity index (χ0v) is 17.6. The van der Waals surface area contributed by atoms with Crippen molar-refractivity contribution in [3.8, 4) is 0 Å². The molecule has 1 aliphatic heterocycles. The fourth-order valence-electron chi connectivity index (χ4n) is 3.48. The minimum atomic E-state index is -0.898. The maximum atomic E-state index is 13.4. The first-order valence-electron chi connectivity index (χ1n) is 10.1. The Morgan fingerprint density at radius 2 is 1.90 bits per heavy atom. The highest BCUT2D eigenvalue weighted by atomic mass is 16.4. The van der Waals surface area contributed by atoms with Crippen LogP contribution in [0.4, 0.5) is 0 Å². The van der Waals surface area contributed by atoms with Gasteiger partial charge in [-0.2, -0.15) is 0 Å². The van der Waals surface area contributed by atoms with Gasteiger partial charge in [-0.3, -0.25) is 14.4 Å². The van der Waals surface area contributed by atoms with E-state index in [2.05, 4.69) is 10.2 Å². The molecule has 0 unspecified atom stereocenters. The zero-order valence-electron chi connectivity index (χ0n) is 17.6. The van der Waals surface area contributed by atoms with Gasteiger partial charge in [0.1, 0.15) is 6.04 Å². The van der Waals surface area contributed by atoms with Crippen LogP contribution in [0.2, 0.25) is 0 Å².